The summed E-state index contributed by atoms with van der Waals surface area (Å²) in [5, 5.41) is 4.30. The third-order valence-corrected chi connectivity index (χ3v) is 3.28. The van der Waals surface area contributed by atoms with Crippen molar-refractivity contribution >= 4 is 0 Å². The molecule has 7 heteroatoms. The SMILES string of the molecule is O=c1ccc(-c2ccc(OC(F)F)nc2)nn1Cc1ccccc1. The van der Waals surface area contributed by atoms with Crippen LogP contribution in [0.4, 0.5) is 8.78 Å². The third kappa shape index (κ3) is 3.81. The van der Waals surface area contributed by atoms with Gasteiger partial charge in [0, 0.05) is 23.9 Å². The topological polar surface area (TPSA) is 57.0 Å². The fraction of sp³-hybridized carbons (Fsp3) is 0.118. The Labute approximate surface area is 136 Å². The molecule has 0 radical (unpaired) electrons. The van der Waals surface area contributed by atoms with Crippen LogP contribution >= 0.6 is 0 Å². The van der Waals surface area contributed by atoms with Crippen LogP contribution in [0.15, 0.2) is 65.6 Å². The van der Waals surface area contributed by atoms with Gasteiger partial charge in [0.25, 0.3) is 5.56 Å². The van der Waals surface area contributed by atoms with Crippen LogP contribution in [0.25, 0.3) is 11.3 Å². The number of ether oxygens (including phenoxy) is 1. The summed E-state index contributed by atoms with van der Waals surface area (Å²) in [7, 11) is 0. The summed E-state index contributed by atoms with van der Waals surface area (Å²) < 4.78 is 29.8. The average molecular weight is 329 g/mol. The van der Waals surface area contributed by atoms with Crippen molar-refractivity contribution in [3.8, 4) is 17.1 Å². The van der Waals surface area contributed by atoms with E-state index in [2.05, 4.69) is 14.8 Å². The second-order valence-electron chi connectivity index (χ2n) is 4.96. The van der Waals surface area contributed by atoms with E-state index in [4.69, 9.17) is 0 Å². The molecule has 0 atom stereocenters. The first-order valence-corrected chi connectivity index (χ1v) is 7.15. The fourth-order valence-electron chi connectivity index (χ4n) is 2.17. The lowest BCUT2D eigenvalue weighted by Gasteiger charge is -2.08. The first-order valence-electron chi connectivity index (χ1n) is 7.15. The molecule has 0 fully saturated rings. The molecule has 0 aliphatic rings. The van der Waals surface area contributed by atoms with Crippen LogP contribution in [-0.2, 0) is 6.54 Å². The van der Waals surface area contributed by atoms with Gasteiger partial charge in [0.1, 0.15) is 0 Å². The highest BCUT2D eigenvalue weighted by atomic mass is 19.3. The summed E-state index contributed by atoms with van der Waals surface area (Å²) in [6.07, 6.45) is 1.37. The second kappa shape index (κ2) is 6.99. The van der Waals surface area contributed by atoms with Crippen LogP contribution in [0.3, 0.4) is 0 Å². The average Bonchev–Trinajstić information content (AvgIpc) is 2.58. The predicted molar refractivity (Wildman–Crippen MR) is 83.9 cm³/mol. The molecule has 0 unspecified atom stereocenters. The number of benzene rings is 1. The molecule has 0 aliphatic heterocycles. The van der Waals surface area contributed by atoms with E-state index < -0.39 is 6.61 Å². The van der Waals surface area contributed by atoms with Crippen molar-refractivity contribution in [2.24, 2.45) is 0 Å². The molecule has 0 saturated carbocycles. The maximum Gasteiger partial charge on any atom is 0.388 e. The molecule has 5 nitrogen and oxygen atoms in total. The highest BCUT2D eigenvalue weighted by molar-refractivity contribution is 5.57. The van der Waals surface area contributed by atoms with Crippen molar-refractivity contribution in [1.82, 2.24) is 14.8 Å². The molecule has 0 N–H and O–H groups in total. The third-order valence-electron chi connectivity index (χ3n) is 3.28. The lowest BCUT2D eigenvalue weighted by molar-refractivity contribution is -0.0528. The van der Waals surface area contributed by atoms with Gasteiger partial charge in [0.15, 0.2) is 0 Å². The molecule has 0 spiro atoms. The lowest BCUT2D eigenvalue weighted by atomic mass is 10.2. The van der Waals surface area contributed by atoms with Crippen LogP contribution < -0.4 is 10.3 Å². The largest absolute Gasteiger partial charge is 0.417 e. The van der Waals surface area contributed by atoms with Crippen molar-refractivity contribution in [1.29, 1.82) is 0 Å². The smallest absolute Gasteiger partial charge is 0.388 e. The van der Waals surface area contributed by atoms with Crippen LogP contribution in [0, 0.1) is 0 Å². The number of rotatable bonds is 5. The summed E-state index contributed by atoms with van der Waals surface area (Å²) >= 11 is 0. The van der Waals surface area contributed by atoms with Crippen LogP contribution in [0.2, 0.25) is 0 Å². The number of hydrogen-bond donors (Lipinski definition) is 0. The molecule has 1 aromatic carbocycles. The Kier molecular flexibility index (Phi) is 4.60. The summed E-state index contributed by atoms with van der Waals surface area (Å²) in [6.45, 7) is -2.58. The molecule has 3 aromatic rings. The Bertz CT molecular complexity index is 865. The zero-order chi connectivity index (χ0) is 16.9. The number of pyridine rings is 1. The van der Waals surface area contributed by atoms with E-state index in [1.165, 1.54) is 23.0 Å². The van der Waals surface area contributed by atoms with Crippen LogP contribution in [-0.4, -0.2) is 21.4 Å². The molecule has 0 amide bonds. The molecular formula is C17H13F2N3O2. The minimum absolute atomic E-state index is 0.175. The predicted octanol–water partition coefficient (Wildman–Crippen LogP) is 2.96. The minimum Gasteiger partial charge on any atom is -0.417 e. The van der Waals surface area contributed by atoms with Crippen molar-refractivity contribution in [2.45, 2.75) is 13.2 Å². The number of alkyl halides is 2. The van der Waals surface area contributed by atoms with Gasteiger partial charge >= 0.3 is 6.61 Å². The number of halogens is 2. The number of hydrogen-bond acceptors (Lipinski definition) is 4. The lowest BCUT2D eigenvalue weighted by Crippen LogP contribution is -2.22. The molecule has 24 heavy (non-hydrogen) atoms. The molecular weight excluding hydrogens is 316 g/mol. The van der Waals surface area contributed by atoms with Crippen molar-refractivity contribution in [3.05, 3.63) is 76.7 Å². The van der Waals surface area contributed by atoms with Crippen molar-refractivity contribution in [3.63, 3.8) is 0 Å². The molecule has 0 saturated heterocycles. The fourth-order valence-corrected chi connectivity index (χ4v) is 2.17. The summed E-state index contributed by atoms with van der Waals surface area (Å²) in [5.74, 6) is -0.175. The minimum atomic E-state index is -2.92. The Hall–Kier alpha value is -3.09. The van der Waals surface area contributed by atoms with E-state index in [9.17, 15) is 13.6 Å². The number of aromatic nitrogens is 3. The molecule has 122 valence electrons. The summed E-state index contributed by atoms with van der Waals surface area (Å²) in [5.41, 5.74) is 1.83. The Balaban J connectivity index is 1.86. The van der Waals surface area contributed by atoms with Gasteiger partial charge in [-0.05, 0) is 17.7 Å². The Morgan fingerprint density at radius 1 is 1.04 bits per heavy atom. The molecule has 0 aliphatic carbocycles. The standard InChI is InChI=1S/C17H13F2N3O2/c18-17(19)24-15-8-6-13(10-20-15)14-7-9-16(23)22(21-14)11-12-4-2-1-3-5-12/h1-10,17H,11H2. The Morgan fingerprint density at radius 2 is 1.83 bits per heavy atom. The van der Waals surface area contributed by atoms with Crippen molar-refractivity contribution < 1.29 is 13.5 Å². The zero-order valence-electron chi connectivity index (χ0n) is 12.5. The van der Waals surface area contributed by atoms with Crippen LogP contribution in [0.5, 0.6) is 5.88 Å². The monoisotopic (exact) mass is 329 g/mol. The first-order chi connectivity index (χ1) is 11.6. The summed E-state index contributed by atoms with van der Waals surface area (Å²) in [4.78, 5) is 15.8. The highest BCUT2D eigenvalue weighted by Gasteiger charge is 2.08. The van der Waals surface area contributed by atoms with Gasteiger partial charge in [-0.3, -0.25) is 4.79 Å². The highest BCUT2D eigenvalue weighted by Crippen LogP contribution is 2.18. The maximum atomic E-state index is 12.1. The maximum absolute atomic E-state index is 12.1. The molecule has 2 aromatic heterocycles. The van der Waals surface area contributed by atoms with Gasteiger partial charge in [0.2, 0.25) is 5.88 Å². The van der Waals surface area contributed by atoms with E-state index in [-0.39, 0.29) is 11.4 Å². The first kappa shape index (κ1) is 15.8. The summed E-state index contributed by atoms with van der Waals surface area (Å²) in [6, 6.07) is 15.3. The molecule has 3 rings (SSSR count). The van der Waals surface area contributed by atoms with Gasteiger partial charge in [-0.2, -0.15) is 13.9 Å². The normalized spacial score (nSPS) is 10.8. The number of nitrogens with zero attached hydrogens (tertiary/aromatic N) is 3. The Morgan fingerprint density at radius 3 is 2.50 bits per heavy atom. The van der Waals surface area contributed by atoms with Gasteiger partial charge in [-0.15, -0.1) is 0 Å². The van der Waals surface area contributed by atoms with E-state index in [1.807, 2.05) is 30.3 Å². The van der Waals surface area contributed by atoms with E-state index in [0.29, 0.717) is 17.8 Å². The van der Waals surface area contributed by atoms with Crippen molar-refractivity contribution in [2.75, 3.05) is 0 Å². The van der Waals surface area contributed by atoms with Gasteiger partial charge in [-0.25, -0.2) is 9.67 Å². The molecule has 0 bridgehead atoms. The van der Waals surface area contributed by atoms with Crippen LogP contribution in [0.1, 0.15) is 5.56 Å². The van der Waals surface area contributed by atoms with Gasteiger partial charge < -0.3 is 4.74 Å². The van der Waals surface area contributed by atoms with E-state index in [1.54, 1.807) is 12.1 Å². The molecule has 2 heterocycles. The van der Waals surface area contributed by atoms with Gasteiger partial charge in [0.05, 0.1) is 12.2 Å². The van der Waals surface area contributed by atoms with Gasteiger partial charge in [-0.1, -0.05) is 30.3 Å². The van der Waals surface area contributed by atoms with E-state index in [0.717, 1.165) is 5.56 Å². The quantitative estimate of drug-likeness (QED) is 0.722. The second-order valence-corrected chi connectivity index (χ2v) is 4.96. The van der Waals surface area contributed by atoms with E-state index >= 15 is 0 Å². The zero-order valence-corrected chi connectivity index (χ0v) is 12.5.